The van der Waals surface area contributed by atoms with Crippen molar-refractivity contribution in [1.29, 1.82) is 5.26 Å². The predicted molar refractivity (Wildman–Crippen MR) is 74.7 cm³/mol. The predicted octanol–water partition coefficient (Wildman–Crippen LogP) is 2.22. The quantitative estimate of drug-likeness (QED) is 0.661. The molecule has 20 heavy (non-hydrogen) atoms. The minimum Gasteiger partial charge on any atom is -0.444 e. The van der Waals surface area contributed by atoms with E-state index in [4.69, 9.17) is 10.00 Å². The molecule has 5 heteroatoms. The molecule has 1 rings (SSSR count). The van der Waals surface area contributed by atoms with Crippen LogP contribution in [0, 0.1) is 23.2 Å². The van der Waals surface area contributed by atoms with Gasteiger partial charge in [0.05, 0.1) is 0 Å². The molecule has 0 aliphatic carbocycles. The molecule has 0 aliphatic rings. The van der Waals surface area contributed by atoms with E-state index in [1.165, 1.54) is 0 Å². The highest BCUT2D eigenvalue weighted by atomic mass is 16.6. The summed E-state index contributed by atoms with van der Waals surface area (Å²) in [4.78, 5) is 15.4. The Hall–Kier alpha value is -2.53. The summed E-state index contributed by atoms with van der Waals surface area (Å²) in [5.41, 5.74) is 0.377. The van der Waals surface area contributed by atoms with Crippen molar-refractivity contribution < 1.29 is 9.53 Å². The molecule has 1 aromatic rings. The fraction of sp³-hybridized carbons (Fsp3) is 0.400. The molecule has 0 fully saturated rings. The number of alkyl carbamates (subject to hydrolysis) is 1. The van der Waals surface area contributed by atoms with E-state index in [0.29, 0.717) is 24.4 Å². The van der Waals surface area contributed by atoms with Crippen molar-refractivity contribution in [2.45, 2.75) is 32.8 Å². The number of nitriles is 1. The third-order valence-electron chi connectivity index (χ3n) is 2.00. The number of carbonyl (C=O) groups excluding carboxylic acids is 1. The maximum Gasteiger partial charge on any atom is 0.407 e. The summed E-state index contributed by atoms with van der Waals surface area (Å²) in [7, 11) is 0. The lowest BCUT2D eigenvalue weighted by Gasteiger charge is -2.19. The van der Waals surface area contributed by atoms with Crippen LogP contribution >= 0.6 is 0 Å². The van der Waals surface area contributed by atoms with Gasteiger partial charge in [-0.1, -0.05) is 12.0 Å². The van der Waals surface area contributed by atoms with Gasteiger partial charge < -0.3 is 10.1 Å². The fourth-order valence-corrected chi connectivity index (χ4v) is 1.26. The highest BCUT2D eigenvalue weighted by molar-refractivity contribution is 5.67. The van der Waals surface area contributed by atoms with Crippen LogP contribution < -0.4 is 5.32 Å². The number of ether oxygens (including phenoxy) is 1. The van der Waals surface area contributed by atoms with Crippen LogP contribution in [0.4, 0.5) is 4.79 Å². The smallest absolute Gasteiger partial charge is 0.407 e. The Labute approximate surface area is 119 Å². The van der Waals surface area contributed by atoms with Crippen LogP contribution in [0.25, 0.3) is 0 Å². The summed E-state index contributed by atoms with van der Waals surface area (Å²) in [6, 6.07) is 7.04. The monoisotopic (exact) mass is 271 g/mol. The number of rotatable bonds is 2. The number of nitrogens with one attached hydrogen (secondary N) is 1. The van der Waals surface area contributed by atoms with E-state index < -0.39 is 11.7 Å². The zero-order chi connectivity index (χ0) is 15.0. The molecule has 0 saturated heterocycles. The van der Waals surface area contributed by atoms with Gasteiger partial charge in [0, 0.05) is 13.0 Å². The molecule has 0 radical (unpaired) electrons. The molecule has 1 heterocycles. The van der Waals surface area contributed by atoms with Gasteiger partial charge in [0.25, 0.3) is 0 Å². The minimum atomic E-state index is -0.503. The summed E-state index contributed by atoms with van der Waals surface area (Å²) in [6.45, 7) is 5.82. The Kier molecular flexibility index (Phi) is 5.56. The summed E-state index contributed by atoms with van der Waals surface area (Å²) in [6.07, 6.45) is 0.0291. The Morgan fingerprint density at radius 1 is 1.40 bits per heavy atom. The van der Waals surface area contributed by atoms with Gasteiger partial charge in [-0.2, -0.15) is 5.26 Å². The second-order valence-electron chi connectivity index (χ2n) is 5.00. The topological polar surface area (TPSA) is 75.0 Å². The van der Waals surface area contributed by atoms with E-state index in [2.05, 4.69) is 22.1 Å². The van der Waals surface area contributed by atoms with Crippen molar-refractivity contribution in [2.75, 3.05) is 6.54 Å². The molecule has 5 nitrogen and oxygen atoms in total. The van der Waals surface area contributed by atoms with Crippen molar-refractivity contribution in [3.05, 3.63) is 29.6 Å². The van der Waals surface area contributed by atoms with Gasteiger partial charge in [-0.25, -0.2) is 9.78 Å². The van der Waals surface area contributed by atoms with Crippen molar-refractivity contribution >= 4 is 6.09 Å². The van der Waals surface area contributed by atoms with Crippen LogP contribution in [0.1, 0.15) is 38.6 Å². The maximum absolute atomic E-state index is 11.3. The van der Waals surface area contributed by atoms with E-state index in [9.17, 15) is 4.79 Å². The highest BCUT2D eigenvalue weighted by Crippen LogP contribution is 2.06. The van der Waals surface area contributed by atoms with Crippen LogP contribution in [-0.4, -0.2) is 23.2 Å². The van der Waals surface area contributed by atoms with E-state index in [0.717, 1.165) is 0 Å². The Morgan fingerprint density at radius 3 is 2.75 bits per heavy atom. The van der Waals surface area contributed by atoms with E-state index >= 15 is 0 Å². The average molecular weight is 271 g/mol. The number of hydrogen-bond acceptors (Lipinski definition) is 4. The molecule has 0 aliphatic heterocycles. The van der Waals surface area contributed by atoms with Gasteiger partial charge in [0.2, 0.25) is 0 Å². The third-order valence-corrected chi connectivity index (χ3v) is 2.00. The first-order valence-electron chi connectivity index (χ1n) is 6.23. The number of nitrogens with zero attached hydrogens (tertiary/aromatic N) is 2. The van der Waals surface area contributed by atoms with Crippen molar-refractivity contribution in [3.8, 4) is 17.9 Å². The molecule has 0 unspecified atom stereocenters. The lowest BCUT2D eigenvalue weighted by molar-refractivity contribution is 0.0529. The fourth-order valence-electron chi connectivity index (χ4n) is 1.26. The first-order chi connectivity index (χ1) is 9.40. The lowest BCUT2D eigenvalue weighted by atomic mass is 10.2. The normalized spacial score (nSPS) is 9.90. The molecule has 1 aromatic heterocycles. The SMILES string of the molecule is CC(C)(C)OC(=O)NCCC#Cc1cccc(C#N)n1. The van der Waals surface area contributed by atoms with E-state index in [1.807, 2.05) is 6.07 Å². The standard InChI is InChI=1S/C15H17N3O2/c1-15(2,3)20-14(19)17-10-5-4-7-12-8-6-9-13(11-16)18-12/h6,8-9H,5,10H2,1-3H3,(H,17,19). The lowest BCUT2D eigenvalue weighted by Crippen LogP contribution is -2.32. The van der Waals surface area contributed by atoms with Crippen LogP contribution in [-0.2, 0) is 4.74 Å². The van der Waals surface area contributed by atoms with Crippen LogP contribution in [0.15, 0.2) is 18.2 Å². The van der Waals surface area contributed by atoms with Crippen LogP contribution in [0.2, 0.25) is 0 Å². The molecule has 104 valence electrons. The first kappa shape index (κ1) is 15.5. The van der Waals surface area contributed by atoms with Gasteiger partial charge in [-0.15, -0.1) is 0 Å². The van der Waals surface area contributed by atoms with E-state index in [-0.39, 0.29) is 0 Å². The number of hydrogen-bond donors (Lipinski definition) is 1. The molecule has 1 N–H and O–H groups in total. The molecular formula is C15H17N3O2. The molecule has 0 saturated carbocycles. The van der Waals surface area contributed by atoms with E-state index in [1.54, 1.807) is 39.0 Å². The summed E-state index contributed by atoms with van der Waals surface area (Å²) < 4.78 is 5.09. The number of carbonyl (C=O) groups is 1. The highest BCUT2D eigenvalue weighted by Gasteiger charge is 2.15. The van der Waals surface area contributed by atoms with Crippen molar-refractivity contribution in [3.63, 3.8) is 0 Å². The molecule has 0 spiro atoms. The minimum absolute atomic E-state index is 0.337. The Morgan fingerprint density at radius 2 is 2.10 bits per heavy atom. The molecule has 0 aromatic carbocycles. The van der Waals surface area contributed by atoms with Crippen LogP contribution in [0.5, 0.6) is 0 Å². The Bertz CT molecular complexity index is 571. The zero-order valence-electron chi connectivity index (χ0n) is 11.9. The second-order valence-corrected chi connectivity index (χ2v) is 5.00. The molecule has 1 amide bonds. The van der Waals surface area contributed by atoms with Crippen LogP contribution in [0.3, 0.4) is 0 Å². The number of aromatic nitrogens is 1. The van der Waals surface area contributed by atoms with Gasteiger partial charge in [0.1, 0.15) is 23.1 Å². The van der Waals surface area contributed by atoms with Gasteiger partial charge in [-0.05, 0) is 38.8 Å². The van der Waals surface area contributed by atoms with Crippen molar-refractivity contribution in [2.24, 2.45) is 0 Å². The van der Waals surface area contributed by atoms with Crippen molar-refractivity contribution in [1.82, 2.24) is 10.3 Å². The summed E-state index contributed by atoms with van der Waals surface area (Å²) in [5.74, 6) is 5.72. The Balaban J connectivity index is 2.37. The summed E-state index contributed by atoms with van der Waals surface area (Å²) in [5, 5.41) is 11.3. The molecular weight excluding hydrogens is 254 g/mol. The number of pyridine rings is 1. The number of amides is 1. The maximum atomic E-state index is 11.3. The molecule has 0 bridgehead atoms. The van der Waals surface area contributed by atoms with Gasteiger partial charge in [0.15, 0.2) is 0 Å². The molecule has 0 atom stereocenters. The zero-order valence-corrected chi connectivity index (χ0v) is 11.9. The first-order valence-corrected chi connectivity index (χ1v) is 6.23. The second kappa shape index (κ2) is 7.16. The van der Waals surface area contributed by atoms with Gasteiger partial charge in [-0.3, -0.25) is 0 Å². The third kappa shape index (κ3) is 6.42. The summed E-state index contributed by atoms with van der Waals surface area (Å²) >= 11 is 0. The van der Waals surface area contributed by atoms with Gasteiger partial charge >= 0.3 is 6.09 Å². The largest absolute Gasteiger partial charge is 0.444 e. The average Bonchev–Trinajstić information content (AvgIpc) is 2.36.